The predicted molar refractivity (Wildman–Crippen MR) is 106 cm³/mol. The maximum absolute atomic E-state index is 12.2. The molecule has 27 heavy (non-hydrogen) atoms. The van der Waals surface area contributed by atoms with Crippen LogP contribution in [0.25, 0.3) is 11.0 Å². The van der Waals surface area contributed by atoms with Crippen LogP contribution in [0.1, 0.15) is 0 Å². The van der Waals surface area contributed by atoms with Gasteiger partial charge in [0, 0.05) is 12.1 Å². The molecule has 1 unspecified atom stereocenters. The van der Waals surface area contributed by atoms with Crippen LogP contribution in [0.15, 0.2) is 47.6 Å². The quantitative estimate of drug-likeness (QED) is 0.662. The fourth-order valence-electron chi connectivity index (χ4n) is 2.85. The first kappa shape index (κ1) is 18.0. The van der Waals surface area contributed by atoms with Gasteiger partial charge >= 0.3 is 0 Å². The Morgan fingerprint density at radius 1 is 1.33 bits per heavy atom. The summed E-state index contributed by atoms with van der Waals surface area (Å²) in [6.45, 7) is 0.807. The highest BCUT2D eigenvalue weighted by Gasteiger charge is 2.21. The second kappa shape index (κ2) is 7.70. The number of benzene rings is 2. The molecule has 1 amide bonds. The van der Waals surface area contributed by atoms with Gasteiger partial charge in [0.1, 0.15) is 12.7 Å². The number of hydrogen-bond acceptors (Lipinski definition) is 5. The maximum atomic E-state index is 12.2. The summed E-state index contributed by atoms with van der Waals surface area (Å²) in [5.74, 6) is 1.63. The SMILES string of the molecule is Cn1c(SCC(=O)NCC2COc3ccccc3O2)nc2cc(Cl)ccc21. The van der Waals surface area contributed by atoms with Gasteiger partial charge in [0.25, 0.3) is 0 Å². The van der Waals surface area contributed by atoms with E-state index in [2.05, 4.69) is 10.3 Å². The number of para-hydroxylation sites is 2. The molecular weight excluding hydrogens is 386 g/mol. The summed E-state index contributed by atoms with van der Waals surface area (Å²) in [5, 5.41) is 4.31. The van der Waals surface area contributed by atoms with Crippen LogP contribution in [0.5, 0.6) is 11.5 Å². The summed E-state index contributed by atoms with van der Waals surface area (Å²) in [6.07, 6.45) is -0.202. The van der Waals surface area contributed by atoms with E-state index in [0.29, 0.717) is 23.9 Å². The molecular formula is C19H18ClN3O3S. The fourth-order valence-corrected chi connectivity index (χ4v) is 3.84. The standard InChI is InChI=1S/C19H18ClN3O3S/c1-23-15-7-6-12(20)8-14(15)22-19(23)27-11-18(24)21-9-13-10-25-16-4-2-3-5-17(16)26-13/h2-8,13H,9-11H2,1H3,(H,21,24). The van der Waals surface area contributed by atoms with Crippen molar-refractivity contribution in [1.29, 1.82) is 0 Å². The summed E-state index contributed by atoms with van der Waals surface area (Å²) in [5.41, 5.74) is 1.80. The number of fused-ring (bicyclic) bond motifs is 2. The summed E-state index contributed by atoms with van der Waals surface area (Å²) in [4.78, 5) is 16.7. The van der Waals surface area contributed by atoms with E-state index in [4.69, 9.17) is 21.1 Å². The number of hydrogen-bond donors (Lipinski definition) is 1. The lowest BCUT2D eigenvalue weighted by atomic mass is 10.2. The van der Waals surface area contributed by atoms with Crippen molar-refractivity contribution in [2.45, 2.75) is 11.3 Å². The second-order valence-electron chi connectivity index (χ2n) is 6.18. The molecule has 1 atom stereocenters. The number of thioether (sulfide) groups is 1. The van der Waals surface area contributed by atoms with E-state index >= 15 is 0 Å². The smallest absolute Gasteiger partial charge is 0.230 e. The molecule has 1 aromatic heterocycles. The van der Waals surface area contributed by atoms with Crippen LogP contribution in [-0.4, -0.2) is 40.5 Å². The average molecular weight is 404 g/mol. The van der Waals surface area contributed by atoms with Crippen LogP contribution in [0.3, 0.4) is 0 Å². The van der Waals surface area contributed by atoms with Crippen LogP contribution >= 0.6 is 23.4 Å². The van der Waals surface area contributed by atoms with Gasteiger partial charge in [0.2, 0.25) is 5.91 Å². The van der Waals surface area contributed by atoms with Gasteiger partial charge in [0.05, 0.1) is 23.3 Å². The number of imidazole rings is 1. The van der Waals surface area contributed by atoms with Gasteiger partial charge < -0.3 is 19.4 Å². The highest BCUT2D eigenvalue weighted by atomic mass is 35.5. The van der Waals surface area contributed by atoms with Crippen LogP contribution in [0.2, 0.25) is 5.02 Å². The predicted octanol–water partition coefficient (Wildman–Crippen LogP) is 3.28. The molecule has 8 heteroatoms. The van der Waals surface area contributed by atoms with E-state index < -0.39 is 0 Å². The molecule has 3 aromatic rings. The van der Waals surface area contributed by atoms with Crippen LogP contribution in [-0.2, 0) is 11.8 Å². The first-order valence-electron chi connectivity index (χ1n) is 8.50. The van der Waals surface area contributed by atoms with Crippen molar-refractivity contribution < 1.29 is 14.3 Å². The first-order valence-corrected chi connectivity index (χ1v) is 9.86. The minimum Gasteiger partial charge on any atom is -0.486 e. The van der Waals surface area contributed by atoms with Gasteiger partial charge in [-0.2, -0.15) is 0 Å². The Balaban J connectivity index is 1.30. The number of ether oxygens (including phenoxy) is 2. The number of amides is 1. The van der Waals surface area contributed by atoms with E-state index in [1.54, 1.807) is 0 Å². The number of nitrogens with zero attached hydrogens (tertiary/aromatic N) is 2. The number of aryl methyl sites for hydroxylation is 1. The largest absolute Gasteiger partial charge is 0.486 e. The number of nitrogens with one attached hydrogen (secondary N) is 1. The molecule has 6 nitrogen and oxygen atoms in total. The molecule has 0 aliphatic carbocycles. The third kappa shape index (κ3) is 3.99. The number of halogens is 1. The maximum Gasteiger partial charge on any atom is 0.230 e. The van der Waals surface area contributed by atoms with Gasteiger partial charge in [-0.15, -0.1) is 0 Å². The van der Waals surface area contributed by atoms with E-state index in [1.165, 1.54) is 11.8 Å². The molecule has 1 N–H and O–H groups in total. The number of aromatic nitrogens is 2. The summed E-state index contributed by atoms with van der Waals surface area (Å²) < 4.78 is 13.4. The highest BCUT2D eigenvalue weighted by molar-refractivity contribution is 7.99. The Morgan fingerprint density at radius 3 is 3.00 bits per heavy atom. The van der Waals surface area contributed by atoms with Crippen molar-refractivity contribution in [2.75, 3.05) is 18.9 Å². The van der Waals surface area contributed by atoms with Gasteiger partial charge in [-0.25, -0.2) is 4.98 Å². The van der Waals surface area contributed by atoms with Gasteiger partial charge in [-0.3, -0.25) is 4.79 Å². The molecule has 2 aromatic carbocycles. The van der Waals surface area contributed by atoms with E-state index in [9.17, 15) is 4.79 Å². The van der Waals surface area contributed by atoms with Gasteiger partial charge in [0.15, 0.2) is 16.7 Å². The molecule has 140 valence electrons. The molecule has 0 radical (unpaired) electrons. The topological polar surface area (TPSA) is 65.4 Å². The van der Waals surface area contributed by atoms with Gasteiger partial charge in [-0.05, 0) is 30.3 Å². The van der Waals surface area contributed by atoms with E-state index in [1.807, 2.05) is 54.1 Å². The number of carbonyl (C=O) groups is 1. The Bertz CT molecular complexity index is 991. The summed E-state index contributed by atoms with van der Waals surface area (Å²) >= 11 is 7.40. The van der Waals surface area contributed by atoms with Crippen LogP contribution in [0, 0.1) is 0 Å². The zero-order chi connectivity index (χ0) is 18.8. The van der Waals surface area contributed by atoms with Crippen molar-refractivity contribution in [1.82, 2.24) is 14.9 Å². The third-order valence-corrected chi connectivity index (χ3v) is 5.49. The van der Waals surface area contributed by atoms with Gasteiger partial charge in [-0.1, -0.05) is 35.5 Å². The lowest BCUT2D eigenvalue weighted by Gasteiger charge is -2.26. The lowest BCUT2D eigenvalue weighted by Crippen LogP contribution is -2.41. The molecule has 1 aliphatic rings. The van der Waals surface area contributed by atoms with E-state index in [-0.39, 0.29) is 17.8 Å². The second-order valence-corrected chi connectivity index (χ2v) is 7.56. The average Bonchev–Trinajstić information content (AvgIpc) is 2.99. The molecule has 0 spiro atoms. The lowest BCUT2D eigenvalue weighted by molar-refractivity contribution is -0.119. The Kier molecular flexibility index (Phi) is 5.13. The Morgan fingerprint density at radius 2 is 2.15 bits per heavy atom. The molecule has 2 heterocycles. The first-order chi connectivity index (χ1) is 13.1. The zero-order valence-electron chi connectivity index (χ0n) is 14.6. The number of carbonyl (C=O) groups excluding carboxylic acids is 1. The van der Waals surface area contributed by atoms with Crippen molar-refractivity contribution in [3.63, 3.8) is 0 Å². The van der Waals surface area contributed by atoms with E-state index in [0.717, 1.165) is 21.9 Å². The van der Waals surface area contributed by atoms with Crippen LogP contribution < -0.4 is 14.8 Å². The molecule has 0 fully saturated rings. The highest BCUT2D eigenvalue weighted by Crippen LogP contribution is 2.30. The Hall–Kier alpha value is -2.38. The normalized spacial score (nSPS) is 15.7. The van der Waals surface area contributed by atoms with Crippen molar-refractivity contribution in [3.8, 4) is 11.5 Å². The molecule has 4 rings (SSSR count). The summed E-state index contributed by atoms with van der Waals surface area (Å²) in [6, 6.07) is 13.1. The molecule has 1 aliphatic heterocycles. The Labute approximate surface area is 165 Å². The fraction of sp³-hybridized carbons (Fsp3) is 0.263. The monoisotopic (exact) mass is 403 g/mol. The minimum atomic E-state index is -0.202. The summed E-state index contributed by atoms with van der Waals surface area (Å²) in [7, 11) is 1.92. The van der Waals surface area contributed by atoms with Crippen LogP contribution in [0.4, 0.5) is 0 Å². The third-order valence-electron chi connectivity index (χ3n) is 4.23. The molecule has 0 bridgehead atoms. The molecule has 0 saturated heterocycles. The molecule has 0 saturated carbocycles. The van der Waals surface area contributed by atoms with Crippen molar-refractivity contribution in [2.24, 2.45) is 7.05 Å². The number of rotatable bonds is 5. The zero-order valence-corrected chi connectivity index (χ0v) is 16.2. The van der Waals surface area contributed by atoms with Crippen molar-refractivity contribution in [3.05, 3.63) is 47.5 Å². The van der Waals surface area contributed by atoms with Crippen molar-refractivity contribution >= 4 is 40.3 Å². The minimum absolute atomic E-state index is 0.0763.